The molecule has 0 bridgehead atoms. The van der Waals surface area contributed by atoms with Crippen molar-refractivity contribution in [2.75, 3.05) is 32.1 Å². The number of nitrogens with one attached hydrogen (secondary N) is 1. The van der Waals surface area contributed by atoms with Gasteiger partial charge in [-0.3, -0.25) is 0 Å². The first-order valence-electron chi connectivity index (χ1n) is 5.84. The summed E-state index contributed by atoms with van der Waals surface area (Å²) in [6, 6.07) is 8.08. The van der Waals surface area contributed by atoms with E-state index in [0.717, 1.165) is 25.2 Å². The third kappa shape index (κ3) is 2.58. The predicted molar refractivity (Wildman–Crippen MR) is 67.5 cm³/mol. The van der Waals surface area contributed by atoms with E-state index in [2.05, 4.69) is 22.0 Å². The maximum atomic E-state index is 11.3. The van der Waals surface area contributed by atoms with Gasteiger partial charge in [-0.1, -0.05) is 0 Å². The molecule has 1 fully saturated rings. The van der Waals surface area contributed by atoms with Crippen LogP contribution in [0.3, 0.4) is 0 Å². The third-order valence-electron chi connectivity index (χ3n) is 3.28. The zero-order valence-electron chi connectivity index (χ0n) is 10.3. The molecule has 0 aromatic heterocycles. The number of carbonyl (C=O) groups is 1. The van der Waals surface area contributed by atoms with Crippen LogP contribution in [-0.2, 0) is 4.74 Å². The summed E-state index contributed by atoms with van der Waals surface area (Å²) < 4.78 is 4.67. The second kappa shape index (κ2) is 5.19. The molecule has 1 N–H and O–H groups in total. The number of carbonyl (C=O) groups excluding carboxylic acids is 1. The molecule has 1 aromatic carbocycles. The van der Waals surface area contributed by atoms with Gasteiger partial charge >= 0.3 is 5.97 Å². The number of esters is 1. The SMILES string of the molecule is COC(=O)c1ccc(N(C)C2CCNC2)cc1. The highest BCUT2D eigenvalue weighted by molar-refractivity contribution is 5.89. The van der Waals surface area contributed by atoms with Gasteiger partial charge < -0.3 is 15.0 Å². The van der Waals surface area contributed by atoms with E-state index in [1.165, 1.54) is 7.11 Å². The van der Waals surface area contributed by atoms with Crippen molar-refractivity contribution in [1.29, 1.82) is 0 Å². The van der Waals surface area contributed by atoms with Crippen LogP contribution in [0, 0.1) is 0 Å². The molecule has 17 heavy (non-hydrogen) atoms. The van der Waals surface area contributed by atoms with E-state index in [4.69, 9.17) is 0 Å². The van der Waals surface area contributed by atoms with Crippen LogP contribution in [-0.4, -0.2) is 39.3 Å². The largest absolute Gasteiger partial charge is 0.465 e. The third-order valence-corrected chi connectivity index (χ3v) is 3.28. The minimum Gasteiger partial charge on any atom is -0.465 e. The molecule has 1 atom stereocenters. The first-order valence-corrected chi connectivity index (χ1v) is 5.84. The molecule has 0 amide bonds. The number of ether oxygens (including phenoxy) is 1. The zero-order chi connectivity index (χ0) is 12.3. The van der Waals surface area contributed by atoms with Crippen molar-refractivity contribution >= 4 is 11.7 Å². The lowest BCUT2D eigenvalue weighted by Gasteiger charge is -2.26. The van der Waals surface area contributed by atoms with Gasteiger partial charge in [0.1, 0.15) is 0 Å². The number of nitrogens with zero attached hydrogens (tertiary/aromatic N) is 1. The number of hydrogen-bond donors (Lipinski definition) is 1. The average molecular weight is 234 g/mol. The lowest BCUT2D eigenvalue weighted by atomic mass is 10.1. The smallest absolute Gasteiger partial charge is 0.337 e. The topological polar surface area (TPSA) is 41.6 Å². The molecule has 0 spiro atoms. The molecule has 0 radical (unpaired) electrons. The lowest BCUT2D eigenvalue weighted by molar-refractivity contribution is 0.0601. The Labute approximate surface area is 102 Å². The number of anilines is 1. The fourth-order valence-corrected chi connectivity index (χ4v) is 2.13. The quantitative estimate of drug-likeness (QED) is 0.800. The van der Waals surface area contributed by atoms with Crippen molar-refractivity contribution in [3.05, 3.63) is 29.8 Å². The van der Waals surface area contributed by atoms with Crippen LogP contribution in [0.15, 0.2) is 24.3 Å². The van der Waals surface area contributed by atoms with Crippen molar-refractivity contribution in [3.8, 4) is 0 Å². The van der Waals surface area contributed by atoms with Crippen molar-refractivity contribution in [2.24, 2.45) is 0 Å². The van der Waals surface area contributed by atoms with Gasteiger partial charge in [-0.05, 0) is 37.2 Å². The molecular formula is C13H18N2O2. The molecule has 1 aliphatic rings. The maximum absolute atomic E-state index is 11.3. The van der Waals surface area contributed by atoms with Gasteiger partial charge in [0.25, 0.3) is 0 Å². The fourth-order valence-electron chi connectivity index (χ4n) is 2.13. The molecule has 4 nitrogen and oxygen atoms in total. The first-order chi connectivity index (χ1) is 8.22. The van der Waals surface area contributed by atoms with Crippen LogP contribution >= 0.6 is 0 Å². The van der Waals surface area contributed by atoms with Crippen LogP contribution < -0.4 is 10.2 Å². The molecule has 1 aromatic rings. The van der Waals surface area contributed by atoms with Crippen molar-refractivity contribution in [1.82, 2.24) is 5.32 Å². The van der Waals surface area contributed by atoms with Crippen LogP contribution in [0.4, 0.5) is 5.69 Å². The summed E-state index contributed by atoms with van der Waals surface area (Å²) in [6.45, 7) is 2.10. The van der Waals surface area contributed by atoms with Crippen LogP contribution in [0.5, 0.6) is 0 Å². The Morgan fingerprint density at radius 2 is 2.12 bits per heavy atom. The van der Waals surface area contributed by atoms with Crippen molar-refractivity contribution < 1.29 is 9.53 Å². The van der Waals surface area contributed by atoms with Crippen LogP contribution in [0.25, 0.3) is 0 Å². The van der Waals surface area contributed by atoms with Crippen molar-refractivity contribution in [2.45, 2.75) is 12.5 Å². The molecule has 0 saturated carbocycles. The van der Waals surface area contributed by atoms with E-state index in [0.29, 0.717) is 11.6 Å². The number of rotatable bonds is 3. The Balaban J connectivity index is 2.09. The van der Waals surface area contributed by atoms with E-state index in [1.54, 1.807) is 12.1 Å². The van der Waals surface area contributed by atoms with E-state index >= 15 is 0 Å². The van der Waals surface area contributed by atoms with Gasteiger partial charge in [0.05, 0.1) is 12.7 Å². The van der Waals surface area contributed by atoms with Crippen LogP contribution in [0.2, 0.25) is 0 Å². The molecule has 0 aliphatic carbocycles. The average Bonchev–Trinajstić information content (AvgIpc) is 2.91. The van der Waals surface area contributed by atoms with Gasteiger partial charge in [0.15, 0.2) is 0 Å². The van der Waals surface area contributed by atoms with Gasteiger partial charge in [0, 0.05) is 25.3 Å². The van der Waals surface area contributed by atoms with E-state index < -0.39 is 0 Å². The Bertz CT molecular complexity index is 383. The Hall–Kier alpha value is -1.55. The number of methoxy groups -OCH3 is 1. The van der Waals surface area contributed by atoms with E-state index in [-0.39, 0.29) is 5.97 Å². The number of hydrogen-bond acceptors (Lipinski definition) is 4. The normalized spacial score (nSPS) is 19.1. The molecule has 1 unspecified atom stereocenters. The molecule has 4 heteroatoms. The summed E-state index contributed by atoms with van der Waals surface area (Å²) in [7, 11) is 3.48. The standard InChI is InChI=1S/C13H18N2O2/c1-15(12-7-8-14-9-12)11-5-3-10(4-6-11)13(16)17-2/h3-6,12,14H,7-9H2,1-2H3. The fraction of sp³-hybridized carbons (Fsp3) is 0.462. The first kappa shape index (κ1) is 11.9. The highest BCUT2D eigenvalue weighted by Gasteiger charge is 2.19. The summed E-state index contributed by atoms with van der Waals surface area (Å²) in [4.78, 5) is 13.6. The predicted octanol–water partition coefficient (Wildman–Crippen LogP) is 1.27. The Morgan fingerprint density at radius 3 is 2.65 bits per heavy atom. The molecule has 1 aliphatic heterocycles. The lowest BCUT2D eigenvalue weighted by Crippen LogP contribution is -2.33. The summed E-state index contributed by atoms with van der Waals surface area (Å²) in [5.41, 5.74) is 1.72. The van der Waals surface area contributed by atoms with Crippen molar-refractivity contribution in [3.63, 3.8) is 0 Å². The number of benzene rings is 1. The highest BCUT2D eigenvalue weighted by atomic mass is 16.5. The Kier molecular flexibility index (Phi) is 3.64. The van der Waals surface area contributed by atoms with Gasteiger partial charge in [0.2, 0.25) is 0 Å². The highest BCUT2D eigenvalue weighted by Crippen LogP contribution is 2.19. The minimum atomic E-state index is -0.290. The zero-order valence-corrected chi connectivity index (χ0v) is 10.3. The summed E-state index contributed by atoms with van der Waals surface area (Å²) in [5, 5.41) is 3.35. The summed E-state index contributed by atoms with van der Waals surface area (Å²) in [5.74, 6) is -0.290. The number of likely N-dealkylation sites (N-methyl/N-ethyl adjacent to an activating group) is 1. The molecule has 1 saturated heterocycles. The summed E-state index contributed by atoms with van der Waals surface area (Å²) in [6.07, 6.45) is 1.16. The minimum absolute atomic E-state index is 0.290. The second-order valence-corrected chi connectivity index (χ2v) is 4.30. The van der Waals surface area contributed by atoms with E-state index in [1.807, 2.05) is 12.1 Å². The Morgan fingerprint density at radius 1 is 1.41 bits per heavy atom. The van der Waals surface area contributed by atoms with Gasteiger partial charge in [-0.2, -0.15) is 0 Å². The molecule has 92 valence electrons. The maximum Gasteiger partial charge on any atom is 0.337 e. The van der Waals surface area contributed by atoms with Gasteiger partial charge in [-0.15, -0.1) is 0 Å². The second-order valence-electron chi connectivity index (χ2n) is 4.30. The monoisotopic (exact) mass is 234 g/mol. The summed E-state index contributed by atoms with van der Waals surface area (Å²) >= 11 is 0. The molecular weight excluding hydrogens is 216 g/mol. The molecule has 2 rings (SSSR count). The van der Waals surface area contributed by atoms with Crippen LogP contribution in [0.1, 0.15) is 16.8 Å². The van der Waals surface area contributed by atoms with Gasteiger partial charge in [-0.25, -0.2) is 4.79 Å². The molecule has 1 heterocycles. The van der Waals surface area contributed by atoms with E-state index in [9.17, 15) is 4.79 Å².